The molecule has 0 atom stereocenters. The molecule has 6 nitrogen and oxygen atoms in total. The summed E-state index contributed by atoms with van der Waals surface area (Å²) >= 11 is 0. The Labute approximate surface area is 150 Å². The zero-order valence-corrected chi connectivity index (χ0v) is 14.6. The van der Waals surface area contributed by atoms with Crippen LogP contribution in [-0.2, 0) is 13.1 Å². The van der Waals surface area contributed by atoms with Crippen LogP contribution in [0.1, 0.15) is 21.8 Å². The molecular formula is C19H19FN4O2. The van der Waals surface area contributed by atoms with Gasteiger partial charge in [0.2, 0.25) is 11.7 Å². The van der Waals surface area contributed by atoms with Gasteiger partial charge in [0.25, 0.3) is 5.91 Å². The number of nitrogens with zero attached hydrogens (tertiary/aromatic N) is 3. The van der Waals surface area contributed by atoms with Crippen molar-refractivity contribution in [3.63, 3.8) is 0 Å². The Morgan fingerprint density at radius 1 is 1.12 bits per heavy atom. The lowest BCUT2D eigenvalue weighted by Gasteiger charge is -2.14. The molecule has 0 bridgehead atoms. The van der Waals surface area contributed by atoms with Crippen molar-refractivity contribution in [2.45, 2.75) is 13.1 Å². The lowest BCUT2D eigenvalue weighted by atomic mass is 10.1. The molecule has 0 aliphatic rings. The summed E-state index contributed by atoms with van der Waals surface area (Å²) in [5.74, 6) is 0.501. The maximum Gasteiger partial charge on any atom is 0.251 e. The quantitative estimate of drug-likeness (QED) is 0.737. The van der Waals surface area contributed by atoms with Crippen molar-refractivity contribution < 1.29 is 13.7 Å². The fourth-order valence-corrected chi connectivity index (χ4v) is 2.54. The number of carbonyl (C=O) groups excluding carboxylic acids is 1. The summed E-state index contributed by atoms with van der Waals surface area (Å²) < 4.78 is 18.3. The zero-order valence-electron chi connectivity index (χ0n) is 14.6. The fourth-order valence-electron chi connectivity index (χ4n) is 2.54. The first-order valence-electron chi connectivity index (χ1n) is 8.13. The molecule has 3 rings (SSSR count). The van der Waals surface area contributed by atoms with Crippen molar-refractivity contribution in [1.82, 2.24) is 20.4 Å². The number of carbonyl (C=O) groups is 1. The molecule has 0 fully saturated rings. The van der Waals surface area contributed by atoms with Gasteiger partial charge in [0.05, 0.1) is 6.54 Å². The molecule has 0 unspecified atom stereocenters. The standard InChI is InChI=1S/C19H19FN4O2/c1-21-19(25)15-5-3-13(4-6-15)11-24(2)12-17-22-18(23-26-17)14-7-9-16(20)10-8-14/h3-10H,11-12H2,1-2H3,(H,21,25). The molecule has 0 saturated carbocycles. The van der Waals surface area contributed by atoms with Crippen LogP contribution in [0.3, 0.4) is 0 Å². The van der Waals surface area contributed by atoms with Crippen molar-refractivity contribution in [3.8, 4) is 11.4 Å². The van der Waals surface area contributed by atoms with E-state index in [4.69, 9.17) is 4.52 Å². The van der Waals surface area contributed by atoms with E-state index in [9.17, 15) is 9.18 Å². The first-order chi connectivity index (χ1) is 12.5. The monoisotopic (exact) mass is 354 g/mol. The van der Waals surface area contributed by atoms with Crippen molar-refractivity contribution in [3.05, 3.63) is 71.4 Å². The normalized spacial score (nSPS) is 10.9. The van der Waals surface area contributed by atoms with Gasteiger partial charge < -0.3 is 9.84 Å². The number of benzene rings is 2. The first kappa shape index (κ1) is 17.8. The van der Waals surface area contributed by atoms with E-state index in [1.807, 2.05) is 24.1 Å². The van der Waals surface area contributed by atoms with E-state index in [1.165, 1.54) is 12.1 Å². The van der Waals surface area contributed by atoms with Crippen molar-refractivity contribution in [2.75, 3.05) is 14.1 Å². The predicted octanol–water partition coefficient (Wildman–Crippen LogP) is 2.87. The Kier molecular flexibility index (Phi) is 5.38. The van der Waals surface area contributed by atoms with E-state index in [2.05, 4.69) is 15.5 Å². The molecule has 0 saturated heterocycles. The summed E-state index contributed by atoms with van der Waals surface area (Å²) in [6.07, 6.45) is 0. The highest BCUT2D eigenvalue weighted by atomic mass is 19.1. The molecule has 0 aliphatic carbocycles. The second-order valence-electron chi connectivity index (χ2n) is 5.97. The minimum Gasteiger partial charge on any atom is -0.355 e. The van der Waals surface area contributed by atoms with Gasteiger partial charge in [0, 0.05) is 24.7 Å². The Morgan fingerprint density at radius 3 is 2.46 bits per heavy atom. The van der Waals surface area contributed by atoms with Gasteiger partial charge in [-0.05, 0) is 49.0 Å². The Hall–Kier alpha value is -3.06. The fraction of sp³-hybridized carbons (Fsp3) is 0.211. The van der Waals surface area contributed by atoms with Crippen molar-refractivity contribution in [1.29, 1.82) is 0 Å². The number of hydrogen-bond donors (Lipinski definition) is 1. The summed E-state index contributed by atoms with van der Waals surface area (Å²) in [5, 5.41) is 6.53. The van der Waals surface area contributed by atoms with E-state index in [-0.39, 0.29) is 11.7 Å². The van der Waals surface area contributed by atoms with Gasteiger partial charge in [0.15, 0.2) is 0 Å². The Bertz CT molecular complexity index is 875. The highest BCUT2D eigenvalue weighted by Gasteiger charge is 2.11. The number of hydrogen-bond acceptors (Lipinski definition) is 5. The highest BCUT2D eigenvalue weighted by Crippen LogP contribution is 2.17. The predicted molar refractivity (Wildman–Crippen MR) is 94.7 cm³/mol. The van der Waals surface area contributed by atoms with Gasteiger partial charge in [0.1, 0.15) is 5.82 Å². The molecule has 0 aliphatic heterocycles. The molecule has 7 heteroatoms. The summed E-state index contributed by atoms with van der Waals surface area (Å²) in [5.41, 5.74) is 2.40. The highest BCUT2D eigenvalue weighted by molar-refractivity contribution is 5.93. The van der Waals surface area contributed by atoms with E-state index >= 15 is 0 Å². The van der Waals surface area contributed by atoms with Crippen LogP contribution >= 0.6 is 0 Å². The van der Waals surface area contributed by atoms with Crippen LogP contribution in [-0.4, -0.2) is 35.0 Å². The molecule has 134 valence electrons. The molecule has 1 heterocycles. The number of rotatable bonds is 6. The van der Waals surface area contributed by atoms with Gasteiger partial charge in [-0.15, -0.1) is 0 Å². The number of aromatic nitrogens is 2. The molecule has 1 amide bonds. The van der Waals surface area contributed by atoms with Gasteiger partial charge in [-0.3, -0.25) is 9.69 Å². The third-order valence-electron chi connectivity index (χ3n) is 3.87. The van der Waals surface area contributed by atoms with Crippen LogP contribution in [0.5, 0.6) is 0 Å². The average molecular weight is 354 g/mol. The van der Waals surface area contributed by atoms with Crippen LogP contribution in [0.15, 0.2) is 53.1 Å². The Morgan fingerprint density at radius 2 is 1.81 bits per heavy atom. The van der Waals surface area contributed by atoms with Gasteiger partial charge >= 0.3 is 0 Å². The summed E-state index contributed by atoms with van der Waals surface area (Å²) in [7, 11) is 3.54. The van der Waals surface area contributed by atoms with Crippen molar-refractivity contribution in [2.24, 2.45) is 0 Å². The summed E-state index contributed by atoms with van der Waals surface area (Å²) in [6.45, 7) is 1.15. The lowest BCUT2D eigenvalue weighted by Crippen LogP contribution is -2.19. The molecule has 3 aromatic rings. The maximum absolute atomic E-state index is 13.0. The van der Waals surface area contributed by atoms with Crippen molar-refractivity contribution >= 4 is 5.91 Å². The van der Waals surface area contributed by atoms with Gasteiger partial charge in [-0.1, -0.05) is 17.3 Å². The van der Waals surface area contributed by atoms with E-state index in [0.29, 0.717) is 35.9 Å². The number of amides is 1. The van der Waals surface area contributed by atoms with Crippen LogP contribution in [0, 0.1) is 5.82 Å². The third kappa shape index (κ3) is 4.31. The van der Waals surface area contributed by atoms with Gasteiger partial charge in [-0.25, -0.2) is 4.39 Å². The van der Waals surface area contributed by atoms with Gasteiger partial charge in [-0.2, -0.15) is 4.98 Å². The van der Waals surface area contributed by atoms with E-state index in [1.54, 1.807) is 31.3 Å². The lowest BCUT2D eigenvalue weighted by molar-refractivity contribution is 0.0963. The molecule has 1 aromatic heterocycles. The maximum atomic E-state index is 13.0. The summed E-state index contributed by atoms with van der Waals surface area (Å²) in [6, 6.07) is 13.4. The molecule has 0 spiro atoms. The van der Waals surface area contributed by atoms with Crippen LogP contribution < -0.4 is 5.32 Å². The van der Waals surface area contributed by atoms with Crippen LogP contribution in [0.2, 0.25) is 0 Å². The Balaban J connectivity index is 1.60. The second-order valence-corrected chi connectivity index (χ2v) is 5.97. The second kappa shape index (κ2) is 7.88. The SMILES string of the molecule is CNC(=O)c1ccc(CN(C)Cc2nc(-c3ccc(F)cc3)no2)cc1. The van der Waals surface area contributed by atoms with Crippen LogP contribution in [0.25, 0.3) is 11.4 Å². The third-order valence-corrected chi connectivity index (χ3v) is 3.87. The minimum absolute atomic E-state index is 0.107. The van der Waals surface area contributed by atoms with E-state index in [0.717, 1.165) is 5.56 Å². The average Bonchev–Trinajstić information content (AvgIpc) is 3.10. The number of nitrogens with one attached hydrogen (secondary N) is 1. The first-order valence-corrected chi connectivity index (χ1v) is 8.13. The molecule has 2 aromatic carbocycles. The zero-order chi connectivity index (χ0) is 18.5. The molecular weight excluding hydrogens is 335 g/mol. The summed E-state index contributed by atoms with van der Waals surface area (Å²) in [4.78, 5) is 17.9. The number of halogens is 1. The smallest absolute Gasteiger partial charge is 0.251 e. The topological polar surface area (TPSA) is 71.3 Å². The minimum atomic E-state index is -0.306. The molecule has 0 radical (unpaired) electrons. The van der Waals surface area contributed by atoms with Crippen LogP contribution in [0.4, 0.5) is 4.39 Å². The van der Waals surface area contributed by atoms with E-state index < -0.39 is 0 Å². The largest absolute Gasteiger partial charge is 0.355 e. The molecule has 1 N–H and O–H groups in total. The molecule has 26 heavy (non-hydrogen) atoms.